The zero-order valence-corrected chi connectivity index (χ0v) is 21.8. The van der Waals surface area contributed by atoms with Crippen LogP contribution in [0.5, 0.6) is 0 Å². The lowest BCUT2D eigenvalue weighted by Gasteiger charge is -2.45. The molecule has 2 aliphatic heterocycles. The highest BCUT2D eigenvalue weighted by atomic mass is 28.6. The molecule has 0 aromatic rings. The molecule has 2 rings (SSSR count). The summed E-state index contributed by atoms with van der Waals surface area (Å²) in [5.74, 6) is 0. The molecule has 25 heavy (non-hydrogen) atoms. The predicted molar refractivity (Wildman–Crippen MR) is 95.7 cm³/mol. The summed E-state index contributed by atoms with van der Waals surface area (Å²) in [7, 11) is -20.4. The van der Waals surface area contributed by atoms with Crippen LogP contribution in [0.25, 0.3) is 0 Å². The molecule has 0 saturated carbocycles. The second-order valence-electron chi connectivity index (χ2n) is 6.18. The van der Waals surface area contributed by atoms with Gasteiger partial charge in [-0.1, -0.05) is 0 Å². The second kappa shape index (κ2) is 7.48. The topological polar surface area (TPSA) is 135 Å². The molecule has 2 fully saturated rings. The van der Waals surface area contributed by atoms with Crippen molar-refractivity contribution in [2.45, 2.75) is 39.3 Å². The molecule has 11 nitrogen and oxygen atoms in total. The lowest BCUT2D eigenvalue weighted by molar-refractivity contribution is 0.0771. The molecule has 0 amide bonds. The third-order valence-corrected chi connectivity index (χ3v) is 24.2. The second-order valence-corrected chi connectivity index (χ2v) is 22.8. The summed E-state index contributed by atoms with van der Waals surface area (Å²) in [6, 6.07) is 0. The first kappa shape index (κ1) is 22.4. The third-order valence-electron chi connectivity index (χ3n) is 3.00. The fraction of sp³-hybridized carbons (Fsp3) is 1.00. The Morgan fingerprint density at radius 1 is 0.880 bits per heavy atom. The van der Waals surface area contributed by atoms with Gasteiger partial charge in [-0.05, 0) is 6.55 Å². The van der Waals surface area contributed by atoms with E-state index >= 15 is 0 Å². The summed E-state index contributed by atoms with van der Waals surface area (Å²) in [5.41, 5.74) is 0. The summed E-state index contributed by atoms with van der Waals surface area (Å²) < 4.78 is 45.9. The minimum Gasteiger partial charge on any atom is -0.414 e. The predicted octanol–water partition coefficient (Wildman–Crippen LogP) is -1.34. The van der Waals surface area contributed by atoms with Crippen LogP contribution in [-0.4, -0.2) is 83.7 Å². The van der Waals surface area contributed by atoms with E-state index in [1.807, 2.05) is 6.55 Å². The van der Waals surface area contributed by atoms with Crippen molar-refractivity contribution in [2.24, 2.45) is 0 Å². The quantitative estimate of drug-likeness (QED) is 0.406. The molecule has 2 bridgehead atoms. The molecule has 2 saturated heterocycles. The van der Waals surface area contributed by atoms with Gasteiger partial charge in [0.2, 0.25) is 9.04 Å². The van der Waals surface area contributed by atoms with Crippen LogP contribution >= 0.6 is 0 Å². The normalized spacial score (nSPS) is 50.3. The first-order valence-electron chi connectivity index (χ1n) is 7.37. The Balaban J connectivity index is 2.45. The van der Waals surface area contributed by atoms with Crippen molar-refractivity contribution in [3.63, 3.8) is 0 Å². The average Bonchev–Trinajstić information content (AvgIpc) is 2.32. The van der Waals surface area contributed by atoms with E-state index in [1.54, 1.807) is 6.55 Å². The smallest absolute Gasteiger partial charge is 0.414 e. The van der Waals surface area contributed by atoms with Crippen LogP contribution in [0.3, 0.4) is 0 Å². The first-order valence-corrected chi connectivity index (χ1v) is 21.5. The highest BCUT2D eigenvalue weighted by Crippen LogP contribution is 2.33. The molecule has 5 atom stereocenters. The van der Waals surface area contributed by atoms with Gasteiger partial charge in [0.25, 0.3) is 0 Å². The number of hydrogen-bond donors (Lipinski definition) is 3. The molecule has 2 aliphatic rings. The van der Waals surface area contributed by atoms with E-state index in [0.29, 0.717) is 0 Å². The van der Waals surface area contributed by atoms with Gasteiger partial charge in [-0.25, -0.2) is 0 Å². The molecule has 3 N–H and O–H groups in total. The van der Waals surface area contributed by atoms with Crippen LogP contribution in [0, 0.1) is 0 Å². The SMILES string of the molecule is C[Si]1CO[Si](C)(O)O[Si]2(C)O[Si](C)(O)O[Si](C)(O[Si]O)O[Si](C)(O1)O2. The lowest BCUT2D eigenvalue weighted by atomic mass is 11.7. The number of rotatable bonds is 2. The minimum absolute atomic E-state index is 0.166. The van der Waals surface area contributed by atoms with E-state index in [9.17, 15) is 14.4 Å². The van der Waals surface area contributed by atoms with E-state index < -0.39 is 63.1 Å². The largest absolute Gasteiger partial charge is 0.487 e. The van der Waals surface area contributed by atoms with E-state index in [-0.39, 0.29) is 6.23 Å². The van der Waals surface area contributed by atoms with Gasteiger partial charge in [-0.3, -0.25) is 0 Å². The first-order chi connectivity index (χ1) is 11.2. The number of hydrogen-bond acceptors (Lipinski definition) is 11. The van der Waals surface area contributed by atoms with Crippen LogP contribution in [0.15, 0.2) is 0 Å². The summed E-state index contributed by atoms with van der Waals surface area (Å²) >= 11 is 0. The van der Waals surface area contributed by atoms with Crippen LogP contribution < -0.4 is 0 Å². The van der Waals surface area contributed by atoms with Gasteiger partial charge in [-0.15, -0.1) is 0 Å². The van der Waals surface area contributed by atoms with E-state index in [2.05, 4.69) is 0 Å². The average molecular weight is 480 g/mol. The van der Waals surface area contributed by atoms with Crippen LogP contribution in [0.2, 0.25) is 39.3 Å². The highest BCUT2D eigenvalue weighted by molar-refractivity contribution is 6.91. The molecule has 0 aromatic carbocycles. The molecule has 3 radical (unpaired) electrons. The number of fused-ring (bicyclic) bond motifs is 2. The Labute approximate surface area is 156 Å². The van der Waals surface area contributed by atoms with Gasteiger partial charge in [-0.2, -0.15) is 0 Å². The van der Waals surface area contributed by atoms with E-state index in [1.165, 1.54) is 26.2 Å². The highest BCUT2D eigenvalue weighted by Gasteiger charge is 2.64. The zero-order valence-electron chi connectivity index (χ0n) is 14.8. The summed E-state index contributed by atoms with van der Waals surface area (Å²) in [5, 5.41) is 0. The van der Waals surface area contributed by atoms with Gasteiger partial charge in [0.1, 0.15) is 0 Å². The zero-order chi connectivity index (χ0) is 19.1. The van der Waals surface area contributed by atoms with Crippen LogP contribution in [0.4, 0.5) is 0 Å². The Hall–Kier alpha value is 1.08. The molecule has 0 aliphatic carbocycles. The van der Waals surface area contributed by atoms with Crippen molar-refractivity contribution in [3.8, 4) is 0 Å². The van der Waals surface area contributed by atoms with Crippen molar-refractivity contribution >= 4 is 63.1 Å². The van der Waals surface area contributed by atoms with Gasteiger partial charge in [0, 0.05) is 32.7 Å². The van der Waals surface area contributed by atoms with Crippen molar-refractivity contribution in [3.05, 3.63) is 0 Å². The van der Waals surface area contributed by atoms with Gasteiger partial charge in [0.05, 0.1) is 6.23 Å². The molecule has 0 spiro atoms. The Morgan fingerprint density at radius 3 is 2.08 bits per heavy atom. The van der Waals surface area contributed by atoms with Crippen molar-refractivity contribution in [1.82, 2.24) is 0 Å². The van der Waals surface area contributed by atoms with Crippen molar-refractivity contribution in [1.29, 1.82) is 0 Å². The molecular formula is C7H23O11Si7. The molecular weight excluding hydrogens is 457 g/mol. The fourth-order valence-corrected chi connectivity index (χ4v) is 27.2. The lowest BCUT2D eigenvalue weighted by Crippen LogP contribution is -2.71. The van der Waals surface area contributed by atoms with Crippen molar-refractivity contribution in [2.75, 3.05) is 6.23 Å². The molecule has 2 heterocycles. The third kappa shape index (κ3) is 6.29. The summed E-state index contributed by atoms with van der Waals surface area (Å²) in [6.07, 6.45) is 0.166. The summed E-state index contributed by atoms with van der Waals surface area (Å²) in [6.45, 7) is 9.33. The van der Waals surface area contributed by atoms with Gasteiger partial charge < -0.3 is 47.6 Å². The molecule has 18 heteroatoms. The van der Waals surface area contributed by atoms with E-state index in [4.69, 9.17) is 33.2 Å². The minimum atomic E-state index is -3.82. The van der Waals surface area contributed by atoms with Crippen LogP contribution in [0.1, 0.15) is 0 Å². The summed E-state index contributed by atoms with van der Waals surface area (Å²) in [4.78, 5) is 30.2. The maximum atomic E-state index is 10.6. The van der Waals surface area contributed by atoms with Gasteiger partial charge >= 0.3 is 54.0 Å². The molecule has 0 aromatic heterocycles. The van der Waals surface area contributed by atoms with E-state index in [0.717, 1.165) is 0 Å². The maximum Gasteiger partial charge on any atom is 0.487 e. The van der Waals surface area contributed by atoms with Crippen LogP contribution in [-0.2, 0) is 33.2 Å². The Kier molecular flexibility index (Phi) is 6.70. The van der Waals surface area contributed by atoms with Crippen molar-refractivity contribution < 1.29 is 47.6 Å². The molecule has 5 unspecified atom stereocenters. The maximum absolute atomic E-state index is 10.6. The Bertz CT molecular complexity index is 497. The monoisotopic (exact) mass is 479 g/mol. The Morgan fingerprint density at radius 2 is 1.48 bits per heavy atom. The van der Waals surface area contributed by atoms with Gasteiger partial charge in [0.15, 0.2) is 0 Å². The fourth-order valence-electron chi connectivity index (χ4n) is 2.61. The standard InChI is InChI=1S/C7H23O11Si7/c1-20-7-11-21(2,9)14-25(6)16-22(3,10)15-23(4,12-19-8)17-24(5,13-20)18-25/h8-10H,7H2,1-6H3. The molecule has 145 valence electrons.